The van der Waals surface area contributed by atoms with Crippen LogP contribution in [0, 0.1) is 13.8 Å². The maximum absolute atomic E-state index is 12.5. The molecule has 7 heteroatoms. The molecule has 0 aliphatic rings. The van der Waals surface area contributed by atoms with Crippen LogP contribution in [0.1, 0.15) is 18.1 Å². The van der Waals surface area contributed by atoms with Crippen LogP contribution in [0.3, 0.4) is 0 Å². The molecule has 2 aromatic rings. The van der Waals surface area contributed by atoms with Crippen LogP contribution in [0.5, 0.6) is 0 Å². The molecule has 0 radical (unpaired) electrons. The summed E-state index contributed by atoms with van der Waals surface area (Å²) >= 11 is 0. The van der Waals surface area contributed by atoms with E-state index in [1.165, 1.54) is 31.7 Å². The Morgan fingerprint density at radius 2 is 1.95 bits per heavy atom. The van der Waals surface area contributed by atoms with Crippen LogP contribution >= 0.6 is 0 Å². The molecular formula is C13H15N3O3S. The number of benzene rings is 1. The van der Waals surface area contributed by atoms with Crippen LogP contribution in [0.4, 0.5) is 5.69 Å². The van der Waals surface area contributed by atoms with Crippen LogP contribution in [0.25, 0.3) is 0 Å². The van der Waals surface area contributed by atoms with Gasteiger partial charge in [-0.1, -0.05) is 6.07 Å². The summed E-state index contributed by atoms with van der Waals surface area (Å²) in [5, 5.41) is 2.63. The second kappa shape index (κ2) is 5.09. The molecule has 0 unspecified atom stereocenters. The van der Waals surface area contributed by atoms with Gasteiger partial charge in [-0.15, -0.1) is 0 Å². The summed E-state index contributed by atoms with van der Waals surface area (Å²) in [6, 6.07) is 3.20. The maximum Gasteiger partial charge on any atom is 0.269 e. The van der Waals surface area contributed by atoms with Crippen molar-refractivity contribution in [3.8, 4) is 0 Å². The zero-order valence-corrected chi connectivity index (χ0v) is 12.2. The van der Waals surface area contributed by atoms with Gasteiger partial charge in [0.1, 0.15) is 6.33 Å². The minimum Gasteiger partial charge on any atom is -0.326 e. The predicted octanol–water partition coefficient (Wildman–Crippen LogP) is 1.70. The molecule has 0 aliphatic heterocycles. The number of aryl methyl sites for hydroxylation is 2. The molecule has 0 atom stereocenters. The van der Waals surface area contributed by atoms with Crippen molar-refractivity contribution in [1.29, 1.82) is 0 Å². The highest BCUT2D eigenvalue weighted by Crippen LogP contribution is 2.25. The number of hydrogen-bond acceptors (Lipinski definition) is 4. The zero-order valence-electron chi connectivity index (χ0n) is 11.4. The topological polar surface area (TPSA) is 81.1 Å². The second-order valence-electron chi connectivity index (χ2n) is 4.51. The van der Waals surface area contributed by atoms with Gasteiger partial charge in [0.05, 0.1) is 4.90 Å². The number of rotatable bonds is 3. The largest absolute Gasteiger partial charge is 0.326 e. The molecular weight excluding hydrogens is 278 g/mol. The van der Waals surface area contributed by atoms with Gasteiger partial charge in [-0.25, -0.2) is 17.4 Å². The Morgan fingerprint density at radius 3 is 2.50 bits per heavy atom. The minimum absolute atomic E-state index is 0.143. The van der Waals surface area contributed by atoms with Gasteiger partial charge in [0.2, 0.25) is 5.91 Å². The number of nitrogens with zero attached hydrogens (tertiary/aromatic N) is 2. The number of nitrogens with one attached hydrogen (secondary N) is 1. The predicted molar refractivity (Wildman–Crippen MR) is 75.0 cm³/mol. The lowest BCUT2D eigenvalue weighted by atomic mass is 10.1. The van der Waals surface area contributed by atoms with E-state index in [-0.39, 0.29) is 10.8 Å². The molecule has 1 N–H and O–H groups in total. The van der Waals surface area contributed by atoms with E-state index in [1.807, 2.05) is 6.92 Å². The molecule has 6 nitrogen and oxygen atoms in total. The first kappa shape index (κ1) is 14.3. The number of amides is 1. The van der Waals surface area contributed by atoms with Crippen molar-refractivity contribution in [3.63, 3.8) is 0 Å². The van der Waals surface area contributed by atoms with Crippen molar-refractivity contribution in [3.05, 3.63) is 42.0 Å². The first-order valence-electron chi connectivity index (χ1n) is 5.94. The molecule has 0 saturated carbocycles. The van der Waals surface area contributed by atoms with Crippen LogP contribution in [0.15, 0.2) is 35.7 Å². The van der Waals surface area contributed by atoms with Crippen LogP contribution < -0.4 is 5.32 Å². The number of carbonyl (C=O) groups is 1. The molecule has 106 valence electrons. The van der Waals surface area contributed by atoms with Gasteiger partial charge < -0.3 is 5.32 Å². The highest BCUT2D eigenvalue weighted by atomic mass is 32.2. The van der Waals surface area contributed by atoms with E-state index in [0.717, 1.165) is 9.54 Å². The normalized spacial score (nSPS) is 11.3. The molecule has 0 saturated heterocycles. The molecule has 20 heavy (non-hydrogen) atoms. The van der Waals surface area contributed by atoms with Crippen LogP contribution in [-0.4, -0.2) is 23.3 Å². The fourth-order valence-electron chi connectivity index (χ4n) is 1.94. The summed E-state index contributed by atoms with van der Waals surface area (Å²) in [6.45, 7) is 4.91. The first-order valence-corrected chi connectivity index (χ1v) is 7.39. The summed E-state index contributed by atoms with van der Waals surface area (Å²) in [6.07, 6.45) is 4.00. The van der Waals surface area contributed by atoms with Crippen molar-refractivity contribution in [2.45, 2.75) is 25.7 Å². The summed E-state index contributed by atoms with van der Waals surface area (Å²) in [5.41, 5.74) is 1.91. The van der Waals surface area contributed by atoms with E-state index < -0.39 is 10.0 Å². The minimum atomic E-state index is -3.70. The monoisotopic (exact) mass is 293 g/mol. The highest BCUT2D eigenvalue weighted by molar-refractivity contribution is 7.90. The van der Waals surface area contributed by atoms with E-state index in [9.17, 15) is 13.2 Å². The summed E-state index contributed by atoms with van der Waals surface area (Å²) < 4.78 is 26.0. The second-order valence-corrected chi connectivity index (χ2v) is 6.32. The number of imidazole rings is 1. The van der Waals surface area contributed by atoms with Gasteiger partial charge in [-0.3, -0.25) is 4.79 Å². The van der Waals surface area contributed by atoms with Gasteiger partial charge in [-0.05, 0) is 31.0 Å². The number of anilines is 1. The Balaban J connectivity index is 2.60. The Bertz CT molecular complexity index is 749. The lowest BCUT2D eigenvalue weighted by molar-refractivity contribution is -0.114. The van der Waals surface area contributed by atoms with Crippen LogP contribution in [-0.2, 0) is 14.8 Å². The van der Waals surface area contributed by atoms with Gasteiger partial charge in [0.25, 0.3) is 10.0 Å². The average Bonchev–Trinajstić information content (AvgIpc) is 2.86. The summed E-state index contributed by atoms with van der Waals surface area (Å²) in [4.78, 5) is 15.1. The SMILES string of the molecule is CC(=O)Nc1cc(S(=O)(=O)n2ccnc2)c(C)cc1C. The van der Waals surface area contributed by atoms with Crippen molar-refractivity contribution >= 4 is 21.6 Å². The van der Waals surface area contributed by atoms with Gasteiger partial charge in [0.15, 0.2) is 0 Å². The fraction of sp³-hybridized carbons (Fsp3) is 0.231. The molecule has 1 amide bonds. The smallest absolute Gasteiger partial charge is 0.269 e. The molecule has 0 fully saturated rings. The third kappa shape index (κ3) is 2.57. The van der Waals surface area contributed by atoms with Crippen LogP contribution in [0.2, 0.25) is 0 Å². The highest BCUT2D eigenvalue weighted by Gasteiger charge is 2.20. The Morgan fingerprint density at radius 1 is 1.25 bits per heavy atom. The Kier molecular flexibility index (Phi) is 3.63. The lowest BCUT2D eigenvalue weighted by Crippen LogP contribution is -2.14. The van der Waals surface area contributed by atoms with E-state index in [2.05, 4.69) is 10.3 Å². The van der Waals surface area contributed by atoms with Crippen molar-refractivity contribution in [2.24, 2.45) is 0 Å². The van der Waals surface area contributed by atoms with Gasteiger partial charge in [0, 0.05) is 25.0 Å². The van der Waals surface area contributed by atoms with E-state index in [0.29, 0.717) is 11.3 Å². The summed E-state index contributed by atoms with van der Waals surface area (Å²) in [7, 11) is -3.70. The molecule has 0 bridgehead atoms. The molecule has 1 aromatic carbocycles. The molecule has 0 aliphatic carbocycles. The summed E-state index contributed by atoms with van der Waals surface area (Å²) in [5.74, 6) is -0.247. The third-order valence-corrected chi connectivity index (χ3v) is 4.63. The third-order valence-electron chi connectivity index (χ3n) is 2.87. The fourth-order valence-corrected chi connectivity index (χ4v) is 3.29. The molecule has 0 spiro atoms. The quantitative estimate of drug-likeness (QED) is 0.933. The standard InChI is InChI=1S/C13H15N3O3S/c1-9-6-10(2)13(7-12(9)15-11(3)17)20(18,19)16-5-4-14-8-16/h4-8H,1-3H3,(H,15,17). The maximum atomic E-state index is 12.5. The molecule has 1 heterocycles. The molecule has 2 rings (SSSR count). The number of hydrogen-bond donors (Lipinski definition) is 1. The first-order chi connectivity index (χ1) is 9.32. The van der Waals surface area contributed by atoms with Gasteiger partial charge >= 0.3 is 0 Å². The average molecular weight is 293 g/mol. The zero-order chi connectivity index (χ0) is 14.9. The van der Waals surface area contributed by atoms with E-state index >= 15 is 0 Å². The van der Waals surface area contributed by atoms with Crippen molar-refractivity contribution in [2.75, 3.05) is 5.32 Å². The van der Waals surface area contributed by atoms with Crippen molar-refractivity contribution < 1.29 is 13.2 Å². The van der Waals surface area contributed by atoms with Gasteiger partial charge in [-0.2, -0.15) is 0 Å². The Hall–Kier alpha value is -2.15. The van der Waals surface area contributed by atoms with E-state index in [4.69, 9.17) is 0 Å². The number of carbonyl (C=O) groups excluding carboxylic acids is 1. The number of aromatic nitrogens is 2. The van der Waals surface area contributed by atoms with E-state index in [1.54, 1.807) is 13.0 Å². The molecule has 1 aromatic heterocycles. The van der Waals surface area contributed by atoms with Crippen molar-refractivity contribution in [1.82, 2.24) is 8.96 Å². The lowest BCUT2D eigenvalue weighted by Gasteiger charge is -2.13. The Labute approximate surface area is 117 Å².